The Balaban J connectivity index is 4.91. The van der Waals surface area contributed by atoms with E-state index in [0.29, 0.717) is 6.42 Å². The highest BCUT2D eigenvalue weighted by molar-refractivity contribution is 5.93. The molecule has 0 saturated carbocycles. The largest absolute Gasteiger partial charge is 0.481 e. The Labute approximate surface area is 156 Å². The summed E-state index contributed by atoms with van der Waals surface area (Å²) in [5.41, 5.74) is 15.8. The van der Waals surface area contributed by atoms with E-state index < -0.39 is 48.3 Å². The highest BCUT2D eigenvalue weighted by atomic mass is 16.4. The van der Waals surface area contributed by atoms with Crippen molar-refractivity contribution in [2.45, 2.75) is 51.2 Å². The van der Waals surface area contributed by atoms with Crippen LogP contribution < -0.4 is 27.8 Å². The minimum Gasteiger partial charge on any atom is -0.481 e. The number of hydrogen-bond donors (Lipinski definition) is 7. The molecule has 0 radical (unpaired) electrons. The number of nitrogens with two attached hydrogens (primary N) is 3. The first-order valence-corrected chi connectivity index (χ1v) is 8.32. The summed E-state index contributed by atoms with van der Waals surface area (Å²) in [4.78, 5) is 50.1. The van der Waals surface area contributed by atoms with E-state index in [1.807, 2.05) is 0 Å². The van der Waals surface area contributed by atoms with Crippen molar-refractivity contribution in [2.75, 3.05) is 6.54 Å². The van der Waals surface area contributed by atoms with Crippen molar-refractivity contribution < 1.29 is 29.4 Å². The molecule has 0 bridgehead atoms. The highest BCUT2D eigenvalue weighted by Crippen LogP contribution is 2.06. The van der Waals surface area contributed by atoms with Gasteiger partial charge in [-0.1, -0.05) is 13.8 Å². The maximum Gasteiger partial charge on any atom is 0.326 e. The number of hydrogen-bond acceptors (Lipinski definition) is 6. The lowest BCUT2D eigenvalue weighted by molar-refractivity contribution is -0.143. The van der Waals surface area contributed by atoms with Gasteiger partial charge in [0.1, 0.15) is 12.1 Å². The standard InChI is InChI=1S/C15H28N6O6/c1-7(2)11(21-12(24)8(16)6-10(22)23)13(25)20-9(14(26)27)4-3-5-19-15(17)18/h7-9,11H,3-6,16H2,1-2H3,(H,20,25)(H,21,24)(H,22,23)(H,26,27)(H4,17,18,19). The number of nitrogens with one attached hydrogen (secondary N) is 2. The molecule has 0 fully saturated rings. The van der Waals surface area contributed by atoms with E-state index in [1.165, 1.54) is 0 Å². The van der Waals surface area contributed by atoms with E-state index in [1.54, 1.807) is 13.8 Å². The molecule has 2 amide bonds. The number of aliphatic imine (C=N–C) groups is 1. The minimum atomic E-state index is -1.33. The summed E-state index contributed by atoms with van der Waals surface area (Å²) in [6.45, 7) is 3.49. The molecule has 10 N–H and O–H groups in total. The highest BCUT2D eigenvalue weighted by Gasteiger charge is 2.30. The number of nitrogens with zero attached hydrogens (tertiary/aromatic N) is 1. The predicted molar refractivity (Wildman–Crippen MR) is 96.5 cm³/mol. The smallest absolute Gasteiger partial charge is 0.326 e. The molecule has 0 saturated heterocycles. The number of carbonyl (C=O) groups is 4. The number of guanidine groups is 1. The van der Waals surface area contributed by atoms with Gasteiger partial charge in [0.2, 0.25) is 11.8 Å². The molecule has 0 aliphatic rings. The Morgan fingerprint density at radius 2 is 1.63 bits per heavy atom. The summed E-state index contributed by atoms with van der Waals surface area (Å²) < 4.78 is 0. The second kappa shape index (κ2) is 11.7. The van der Waals surface area contributed by atoms with Crippen molar-refractivity contribution in [3.63, 3.8) is 0 Å². The van der Waals surface area contributed by atoms with Crippen molar-refractivity contribution in [3.8, 4) is 0 Å². The van der Waals surface area contributed by atoms with Crippen LogP contribution in [0.25, 0.3) is 0 Å². The molecule has 12 heteroatoms. The van der Waals surface area contributed by atoms with E-state index in [9.17, 15) is 24.3 Å². The fourth-order valence-corrected chi connectivity index (χ4v) is 2.10. The lowest BCUT2D eigenvalue weighted by Crippen LogP contribution is -2.56. The Hall–Kier alpha value is -2.89. The zero-order valence-corrected chi connectivity index (χ0v) is 15.3. The SMILES string of the molecule is CC(C)C(NC(=O)C(N)CC(=O)O)C(=O)NC(CCCN=C(N)N)C(=O)O. The van der Waals surface area contributed by atoms with Crippen LogP contribution in [0.4, 0.5) is 0 Å². The molecular formula is C15H28N6O6. The Morgan fingerprint density at radius 1 is 1.04 bits per heavy atom. The van der Waals surface area contributed by atoms with Crippen LogP contribution in [-0.2, 0) is 19.2 Å². The van der Waals surface area contributed by atoms with Crippen LogP contribution in [0.2, 0.25) is 0 Å². The van der Waals surface area contributed by atoms with Gasteiger partial charge in [-0.25, -0.2) is 4.79 Å². The first-order valence-electron chi connectivity index (χ1n) is 8.32. The number of carboxylic acids is 2. The molecule has 0 spiro atoms. The number of rotatable bonds is 12. The summed E-state index contributed by atoms with van der Waals surface area (Å²) in [7, 11) is 0. The fraction of sp³-hybridized carbons (Fsp3) is 0.667. The van der Waals surface area contributed by atoms with Gasteiger partial charge in [0.15, 0.2) is 5.96 Å². The van der Waals surface area contributed by atoms with E-state index in [-0.39, 0.29) is 24.8 Å². The van der Waals surface area contributed by atoms with Gasteiger partial charge in [-0.05, 0) is 18.8 Å². The molecule has 12 nitrogen and oxygen atoms in total. The monoisotopic (exact) mass is 388 g/mol. The van der Waals surface area contributed by atoms with Gasteiger partial charge >= 0.3 is 11.9 Å². The number of amides is 2. The molecule has 3 atom stereocenters. The quantitative estimate of drug-likeness (QED) is 0.107. The molecular weight excluding hydrogens is 360 g/mol. The summed E-state index contributed by atoms with van der Waals surface area (Å²) in [6, 6.07) is -3.60. The van der Waals surface area contributed by atoms with Gasteiger partial charge in [-0.15, -0.1) is 0 Å². The topological polar surface area (TPSA) is 223 Å². The first-order chi connectivity index (χ1) is 12.5. The second-order valence-corrected chi connectivity index (χ2v) is 6.28. The lowest BCUT2D eigenvalue weighted by Gasteiger charge is -2.25. The zero-order valence-electron chi connectivity index (χ0n) is 15.3. The Morgan fingerprint density at radius 3 is 2.07 bits per heavy atom. The van der Waals surface area contributed by atoms with Gasteiger partial charge < -0.3 is 38.0 Å². The molecule has 0 heterocycles. The summed E-state index contributed by atoms with van der Waals surface area (Å²) in [6.07, 6.45) is -0.201. The summed E-state index contributed by atoms with van der Waals surface area (Å²) in [5.74, 6) is -4.53. The average Bonchev–Trinajstić information content (AvgIpc) is 2.53. The zero-order chi connectivity index (χ0) is 21.1. The molecule has 0 rings (SSSR count). The maximum absolute atomic E-state index is 12.4. The lowest BCUT2D eigenvalue weighted by atomic mass is 10.0. The van der Waals surface area contributed by atoms with Crippen molar-refractivity contribution >= 4 is 29.7 Å². The van der Waals surface area contributed by atoms with Gasteiger partial charge in [0, 0.05) is 6.54 Å². The number of aliphatic carboxylic acids is 2. The van der Waals surface area contributed by atoms with Crippen molar-refractivity contribution in [1.29, 1.82) is 0 Å². The third-order valence-corrected chi connectivity index (χ3v) is 3.54. The Bertz CT molecular complexity index is 575. The Kier molecular flexibility index (Phi) is 10.4. The van der Waals surface area contributed by atoms with E-state index in [0.717, 1.165) is 0 Å². The average molecular weight is 388 g/mol. The van der Waals surface area contributed by atoms with Crippen molar-refractivity contribution in [2.24, 2.45) is 28.1 Å². The molecule has 0 aliphatic carbocycles. The van der Waals surface area contributed by atoms with E-state index in [4.69, 9.17) is 22.3 Å². The van der Waals surface area contributed by atoms with Gasteiger partial charge in [-0.3, -0.25) is 19.4 Å². The summed E-state index contributed by atoms with van der Waals surface area (Å²) >= 11 is 0. The molecule has 0 aromatic rings. The maximum atomic E-state index is 12.4. The molecule has 0 aliphatic heterocycles. The van der Waals surface area contributed by atoms with Crippen molar-refractivity contribution in [1.82, 2.24) is 10.6 Å². The normalized spacial score (nSPS) is 13.9. The van der Waals surface area contributed by atoms with Gasteiger partial charge in [-0.2, -0.15) is 0 Å². The van der Waals surface area contributed by atoms with E-state index in [2.05, 4.69) is 15.6 Å². The summed E-state index contributed by atoms with van der Waals surface area (Å²) in [5, 5.41) is 22.6. The van der Waals surface area contributed by atoms with Crippen LogP contribution in [0.3, 0.4) is 0 Å². The van der Waals surface area contributed by atoms with Crippen LogP contribution >= 0.6 is 0 Å². The van der Waals surface area contributed by atoms with Crippen LogP contribution in [0.5, 0.6) is 0 Å². The molecule has 154 valence electrons. The molecule has 0 aromatic carbocycles. The van der Waals surface area contributed by atoms with Gasteiger partial charge in [0.25, 0.3) is 0 Å². The van der Waals surface area contributed by atoms with E-state index >= 15 is 0 Å². The third kappa shape index (κ3) is 9.99. The minimum absolute atomic E-state index is 0.0785. The molecule has 27 heavy (non-hydrogen) atoms. The number of carbonyl (C=O) groups excluding carboxylic acids is 2. The van der Waals surface area contributed by atoms with Crippen molar-refractivity contribution in [3.05, 3.63) is 0 Å². The van der Waals surface area contributed by atoms with Gasteiger partial charge in [0.05, 0.1) is 12.5 Å². The fourth-order valence-electron chi connectivity index (χ4n) is 2.10. The third-order valence-electron chi connectivity index (χ3n) is 3.54. The predicted octanol–water partition coefficient (Wildman–Crippen LogP) is -2.45. The second-order valence-electron chi connectivity index (χ2n) is 6.28. The molecule has 0 aromatic heterocycles. The van der Waals surface area contributed by atoms with Crippen LogP contribution in [0.1, 0.15) is 33.1 Å². The van der Waals surface area contributed by atoms with Crippen LogP contribution in [0, 0.1) is 5.92 Å². The number of carboxylic acid groups (broad SMARTS) is 2. The molecule has 3 unspecified atom stereocenters. The first kappa shape index (κ1) is 24.1. The van der Waals surface area contributed by atoms with Crippen LogP contribution in [0.15, 0.2) is 4.99 Å². The van der Waals surface area contributed by atoms with Crippen LogP contribution in [-0.4, -0.2) is 64.6 Å².